The predicted octanol–water partition coefficient (Wildman–Crippen LogP) is 1.64. The summed E-state index contributed by atoms with van der Waals surface area (Å²) >= 11 is 0. The third-order valence-electron chi connectivity index (χ3n) is 4.87. The van der Waals surface area contributed by atoms with Gasteiger partial charge in [0.1, 0.15) is 0 Å². The van der Waals surface area contributed by atoms with Gasteiger partial charge in [0.05, 0.1) is 6.04 Å². The van der Waals surface area contributed by atoms with Crippen molar-refractivity contribution >= 4 is 0 Å². The molecule has 4 nitrogen and oxygen atoms in total. The molecular formula is C16H26N4. The summed E-state index contributed by atoms with van der Waals surface area (Å²) in [6, 6.07) is 5.86. The molecule has 1 aromatic heterocycles. The zero-order chi connectivity index (χ0) is 14.1. The Labute approximate surface area is 122 Å². The lowest BCUT2D eigenvalue weighted by molar-refractivity contribution is 0.0205. The van der Waals surface area contributed by atoms with E-state index >= 15 is 0 Å². The van der Waals surface area contributed by atoms with E-state index in [1.165, 1.54) is 31.5 Å². The van der Waals surface area contributed by atoms with E-state index in [0.29, 0.717) is 6.04 Å². The van der Waals surface area contributed by atoms with Crippen molar-refractivity contribution in [3.05, 3.63) is 30.1 Å². The molecule has 2 aliphatic rings. The molecule has 1 aromatic rings. The molecule has 0 amide bonds. The number of rotatable bonds is 3. The van der Waals surface area contributed by atoms with E-state index in [2.05, 4.69) is 34.7 Å². The highest BCUT2D eigenvalue weighted by Crippen LogP contribution is 2.32. The number of fused-ring (bicyclic) bond motifs is 1. The van der Waals surface area contributed by atoms with Crippen LogP contribution < -0.4 is 5.73 Å². The topological polar surface area (TPSA) is 45.4 Å². The van der Waals surface area contributed by atoms with Crippen LogP contribution in [0.2, 0.25) is 0 Å². The van der Waals surface area contributed by atoms with Crippen LogP contribution in [0.1, 0.15) is 38.3 Å². The zero-order valence-corrected chi connectivity index (χ0v) is 12.6. The Bertz CT molecular complexity index is 433. The molecule has 3 rings (SSSR count). The van der Waals surface area contributed by atoms with Gasteiger partial charge in [0, 0.05) is 43.6 Å². The van der Waals surface area contributed by atoms with Crippen LogP contribution in [-0.4, -0.2) is 52.5 Å². The monoisotopic (exact) mass is 274 g/mol. The second kappa shape index (κ2) is 5.80. The first-order valence-corrected chi connectivity index (χ1v) is 7.82. The van der Waals surface area contributed by atoms with Gasteiger partial charge >= 0.3 is 0 Å². The number of hydrogen-bond acceptors (Lipinski definition) is 4. The highest BCUT2D eigenvalue weighted by Gasteiger charge is 2.38. The van der Waals surface area contributed by atoms with Crippen LogP contribution in [0.5, 0.6) is 0 Å². The largest absolute Gasteiger partial charge is 0.326 e. The van der Waals surface area contributed by atoms with Gasteiger partial charge in [-0.2, -0.15) is 0 Å². The lowest BCUT2D eigenvalue weighted by Crippen LogP contribution is -2.58. The van der Waals surface area contributed by atoms with E-state index in [-0.39, 0.29) is 12.1 Å². The summed E-state index contributed by atoms with van der Waals surface area (Å²) in [6.07, 6.45) is 6.49. The lowest BCUT2D eigenvalue weighted by atomic mass is 9.96. The fourth-order valence-corrected chi connectivity index (χ4v) is 3.95. The average Bonchev–Trinajstić information content (AvgIpc) is 2.87. The zero-order valence-electron chi connectivity index (χ0n) is 12.6. The molecule has 4 heteroatoms. The van der Waals surface area contributed by atoms with Crippen molar-refractivity contribution < 1.29 is 0 Å². The minimum absolute atomic E-state index is 0.120. The van der Waals surface area contributed by atoms with Crippen LogP contribution in [0.4, 0.5) is 0 Å². The maximum absolute atomic E-state index is 6.32. The summed E-state index contributed by atoms with van der Waals surface area (Å²) in [5.41, 5.74) is 7.57. The van der Waals surface area contributed by atoms with Crippen LogP contribution in [0, 0.1) is 0 Å². The molecule has 0 bridgehead atoms. The smallest absolute Gasteiger partial charge is 0.0515 e. The van der Waals surface area contributed by atoms with E-state index in [4.69, 9.17) is 5.73 Å². The van der Waals surface area contributed by atoms with Gasteiger partial charge in [-0.15, -0.1) is 0 Å². The number of hydrogen-bond donors (Lipinski definition) is 1. The van der Waals surface area contributed by atoms with E-state index in [9.17, 15) is 0 Å². The Hall–Kier alpha value is -0.970. The fourth-order valence-electron chi connectivity index (χ4n) is 3.95. The summed E-state index contributed by atoms with van der Waals surface area (Å²) in [7, 11) is 0. The van der Waals surface area contributed by atoms with E-state index < -0.39 is 0 Å². The van der Waals surface area contributed by atoms with Gasteiger partial charge in [-0.05, 0) is 44.9 Å². The van der Waals surface area contributed by atoms with Crippen LogP contribution >= 0.6 is 0 Å². The highest BCUT2D eigenvalue weighted by molar-refractivity contribution is 5.17. The maximum Gasteiger partial charge on any atom is 0.0515 e. The first-order valence-electron chi connectivity index (χ1n) is 7.82. The summed E-state index contributed by atoms with van der Waals surface area (Å²) in [5, 5.41) is 0. The van der Waals surface area contributed by atoms with Gasteiger partial charge in [0.2, 0.25) is 0 Å². The number of nitrogens with zero attached hydrogens (tertiary/aromatic N) is 3. The fraction of sp³-hybridized carbons (Fsp3) is 0.688. The first-order chi connectivity index (χ1) is 9.66. The Morgan fingerprint density at radius 3 is 2.95 bits per heavy atom. The van der Waals surface area contributed by atoms with Gasteiger partial charge in [-0.25, -0.2) is 0 Å². The third kappa shape index (κ3) is 2.60. The van der Waals surface area contributed by atoms with E-state index in [0.717, 1.165) is 12.6 Å². The van der Waals surface area contributed by atoms with Crippen LogP contribution in [-0.2, 0) is 0 Å². The minimum atomic E-state index is 0.120. The van der Waals surface area contributed by atoms with Crippen LogP contribution in [0.25, 0.3) is 0 Å². The second-order valence-corrected chi connectivity index (χ2v) is 6.43. The Morgan fingerprint density at radius 2 is 2.25 bits per heavy atom. The van der Waals surface area contributed by atoms with Crippen molar-refractivity contribution in [1.82, 2.24) is 14.8 Å². The summed E-state index contributed by atoms with van der Waals surface area (Å²) in [6.45, 7) is 8.04. The highest BCUT2D eigenvalue weighted by atomic mass is 15.3. The molecule has 3 heterocycles. The summed E-state index contributed by atoms with van der Waals surface area (Å²) < 4.78 is 0. The SMILES string of the molecule is CC(N)C(c1cccnc1)N1CC2CCCN2CC1C. The van der Waals surface area contributed by atoms with Crippen molar-refractivity contribution in [2.75, 3.05) is 19.6 Å². The molecule has 0 aromatic carbocycles. The molecule has 2 fully saturated rings. The predicted molar refractivity (Wildman–Crippen MR) is 81.4 cm³/mol. The quantitative estimate of drug-likeness (QED) is 0.910. The Morgan fingerprint density at radius 1 is 1.40 bits per heavy atom. The molecule has 4 atom stereocenters. The molecule has 4 unspecified atom stereocenters. The standard InChI is InChI=1S/C16H26N4/c1-12-10-19-8-4-6-15(19)11-20(12)16(13(2)17)14-5-3-7-18-9-14/h3,5,7,9,12-13,15-16H,4,6,8,10-11,17H2,1-2H3. The molecule has 2 N–H and O–H groups in total. The van der Waals surface area contributed by atoms with Crippen LogP contribution in [0.3, 0.4) is 0 Å². The molecule has 110 valence electrons. The first kappa shape index (κ1) is 14.0. The van der Waals surface area contributed by atoms with Crippen molar-refractivity contribution in [1.29, 1.82) is 0 Å². The Balaban J connectivity index is 1.84. The molecule has 2 aliphatic heterocycles. The van der Waals surface area contributed by atoms with Crippen molar-refractivity contribution in [3.8, 4) is 0 Å². The second-order valence-electron chi connectivity index (χ2n) is 6.43. The average molecular weight is 274 g/mol. The molecule has 0 radical (unpaired) electrons. The van der Waals surface area contributed by atoms with Gasteiger partial charge < -0.3 is 5.73 Å². The van der Waals surface area contributed by atoms with Gasteiger partial charge in [0.25, 0.3) is 0 Å². The summed E-state index contributed by atoms with van der Waals surface area (Å²) in [5.74, 6) is 0. The third-order valence-corrected chi connectivity index (χ3v) is 4.87. The molecule has 0 aliphatic carbocycles. The number of nitrogens with two attached hydrogens (primary N) is 1. The van der Waals surface area contributed by atoms with Gasteiger partial charge in [-0.3, -0.25) is 14.8 Å². The minimum Gasteiger partial charge on any atom is -0.326 e. The van der Waals surface area contributed by atoms with Crippen molar-refractivity contribution in [3.63, 3.8) is 0 Å². The van der Waals surface area contributed by atoms with Gasteiger partial charge in [0.15, 0.2) is 0 Å². The molecular weight excluding hydrogens is 248 g/mol. The molecule has 2 saturated heterocycles. The molecule has 0 spiro atoms. The van der Waals surface area contributed by atoms with Crippen molar-refractivity contribution in [2.45, 2.75) is 50.9 Å². The van der Waals surface area contributed by atoms with E-state index in [1.807, 2.05) is 18.5 Å². The van der Waals surface area contributed by atoms with Crippen molar-refractivity contribution in [2.24, 2.45) is 5.73 Å². The van der Waals surface area contributed by atoms with Crippen LogP contribution in [0.15, 0.2) is 24.5 Å². The Kier molecular flexibility index (Phi) is 4.06. The molecule has 0 saturated carbocycles. The summed E-state index contributed by atoms with van der Waals surface area (Å²) in [4.78, 5) is 9.54. The van der Waals surface area contributed by atoms with E-state index in [1.54, 1.807) is 0 Å². The number of aromatic nitrogens is 1. The number of piperazine rings is 1. The lowest BCUT2D eigenvalue weighted by Gasteiger charge is -2.47. The maximum atomic E-state index is 6.32. The normalized spacial score (nSPS) is 30.9. The number of pyridine rings is 1. The molecule has 20 heavy (non-hydrogen) atoms. The van der Waals surface area contributed by atoms with Gasteiger partial charge in [-0.1, -0.05) is 6.07 Å².